The highest BCUT2D eigenvalue weighted by Gasteiger charge is 2.41. The number of phenols is 1. The lowest BCUT2D eigenvalue weighted by atomic mass is 10.1. The summed E-state index contributed by atoms with van der Waals surface area (Å²) >= 11 is 0. The van der Waals surface area contributed by atoms with Gasteiger partial charge in [-0.1, -0.05) is 0 Å². The molecule has 2 unspecified atom stereocenters. The van der Waals surface area contributed by atoms with Crippen molar-refractivity contribution in [1.29, 1.82) is 0 Å². The Labute approximate surface area is 109 Å². The molecule has 19 heavy (non-hydrogen) atoms. The van der Waals surface area contributed by atoms with Gasteiger partial charge in [0.25, 0.3) is 11.6 Å². The molecule has 1 saturated carbocycles. The van der Waals surface area contributed by atoms with Gasteiger partial charge < -0.3 is 10.0 Å². The molecule has 2 atom stereocenters. The van der Waals surface area contributed by atoms with Crippen molar-refractivity contribution >= 4 is 11.6 Å². The lowest BCUT2D eigenvalue weighted by Crippen LogP contribution is -2.37. The van der Waals surface area contributed by atoms with Crippen molar-refractivity contribution in [3.05, 3.63) is 33.9 Å². The summed E-state index contributed by atoms with van der Waals surface area (Å²) in [5.74, 6) is 0.0680. The van der Waals surface area contributed by atoms with Crippen molar-refractivity contribution in [2.75, 3.05) is 6.54 Å². The topological polar surface area (TPSA) is 83.7 Å². The van der Waals surface area contributed by atoms with E-state index in [4.69, 9.17) is 0 Å². The standard InChI is InChI=1S/C13H14N2O4/c16-10-3-4-12(15(18)19)11(6-10)13(17)14-7-8-1-2-9(14)5-8/h3-4,6,8-9,16H,1-2,5,7H2. The average molecular weight is 262 g/mol. The fourth-order valence-corrected chi connectivity index (χ4v) is 3.18. The first kappa shape index (κ1) is 12.0. The van der Waals surface area contributed by atoms with Crippen LogP contribution < -0.4 is 0 Å². The van der Waals surface area contributed by atoms with Crippen molar-refractivity contribution in [3.63, 3.8) is 0 Å². The van der Waals surface area contributed by atoms with E-state index in [-0.39, 0.29) is 28.9 Å². The van der Waals surface area contributed by atoms with Crippen molar-refractivity contribution in [1.82, 2.24) is 4.90 Å². The molecule has 3 rings (SSSR count). The van der Waals surface area contributed by atoms with Crippen LogP contribution in [0, 0.1) is 16.0 Å². The lowest BCUT2D eigenvalue weighted by Gasteiger charge is -2.26. The van der Waals surface area contributed by atoms with Gasteiger partial charge in [-0.15, -0.1) is 0 Å². The van der Waals surface area contributed by atoms with Crippen molar-refractivity contribution in [2.45, 2.75) is 25.3 Å². The van der Waals surface area contributed by atoms with E-state index in [1.807, 2.05) is 0 Å². The second-order valence-electron chi connectivity index (χ2n) is 5.25. The molecule has 1 aliphatic heterocycles. The fraction of sp³-hybridized carbons (Fsp3) is 0.462. The minimum atomic E-state index is -0.582. The van der Waals surface area contributed by atoms with E-state index in [2.05, 4.69) is 0 Å². The van der Waals surface area contributed by atoms with Gasteiger partial charge in [0.05, 0.1) is 4.92 Å². The smallest absolute Gasteiger partial charge is 0.282 e. The normalized spacial score (nSPS) is 24.7. The maximum atomic E-state index is 12.4. The maximum Gasteiger partial charge on any atom is 0.282 e. The molecule has 1 N–H and O–H groups in total. The van der Waals surface area contributed by atoms with Crippen LogP contribution in [0.15, 0.2) is 18.2 Å². The fourth-order valence-electron chi connectivity index (χ4n) is 3.18. The summed E-state index contributed by atoms with van der Waals surface area (Å²) in [4.78, 5) is 24.5. The van der Waals surface area contributed by atoms with Crippen LogP contribution >= 0.6 is 0 Å². The van der Waals surface area contributed by atoms with E-state index in [0.29, 0.717) is 12.5 Å². The van der Waals surface area contributed by atoms with Crippen molar-refractivity contribution in [3.8, 4) is 5.75 Å². The summed E-state index contributed by atoms with van der Waals surface area (Å²) in [5.41, 5.74) is -0.261. The second-order valence-corrected chi connectivity index (χ2v) is 5.25. The minimum absolute atomic E-state index is 0.0162. The van der Waals surface area contributed by atoms with Crippen molar-refractivity contribution < 1.29 is 14.8 Å². The van der Waals surface area contributed by atoms with Crippen LogP contribution in [0.1, 0.15) is 29.6 Å². The summed E-state index contributed by atoms with van der Waals surface area (Å²) in [6.07, 6.45) is 3.11. The molecule has 1 aliphatic carbocycles. The Morgan fingerprint density at radius 1 is 1.42 bits per heavy atom. The van der Waals surface area contributed by atoms with Crippen LogP contribution in [0.3, 0.4) is 0 Å². The number of nitro groups is 1. The van der Waals surface area contributed by atoms with Crippen molar-refractivity contribution in [2.24, 2.45) is 5.92 Å². The molecule has 0 radical (unpaired) electrons. The summed E-state index contributed by atoms with van der Waals surface area (Å²) < 4.78 is 0. The number of amides is 1. The summed E-state index contributed by atoms with van der Waals surface area (Å²) in [5, 5.41) is 20.4. The van der Waals surface area contributed by atoms with E-state index in [1.165, 1.54) is 18.2 Å². The SMILES string of the molecule is O=C(c1cc(O)ccc1[N+](=O)[O-])N1CC2CCC1C2. The Kier molecular flexibility index (Phi) is 2.66. The Balaban J connectivity index is 1.95. The molecule has 1 saturated heterocycles. The zero-order valence-corrected chi connectivity index (χ0v) is 10.3. The number of hydrogen-bond acceptors (Lipinski definition) is 4. The molecule has 0 aromatic heterocycles. The maximum absolute atomic E-state index is 12.4. The van der Waals surface area contributed by atoms with Crippen LogP contribution in [-0.4, -0.2) is 33.4 Å². The van der Waals surface area contributed by atoms with Gasteiger partial charge in [0, 0.05) is 18.7 Å². The summed E-state index contributed by atoms with van der Waals surface area (Å²) in [7, 11) is 0. The van der Waals surface area contributed by atoms with E-state index < -0.39 is 4.92 Å². The number of phenolic OH excluding ortho intramolecular Hbond substituents is 1. The number of benzene rings is 1. The number of piperidine rings is 1. The number of fused-ring (bicyclic) bond motifs is 2. The van der Waals surface area contributed by atoms with Gasteiger partial charge in [0.1, 0.15) is 11.3 Å². The number of hydrogen-bond donors (Lipinski definition) is 1. The van der Waals surface area contributed by atoms with Crippen LogP contribution in [0.25, 0.3) is 0 Å². The predicted molar refractivity (Wildman–Crippen MR) is 66.9 cm³/mol. The first-order valence-corrected chi connectivity index (χ1v) is 6.34. The number of nitro benzene ring substituents is 1. The number of likely N-dealkylation sites (tertiary alicyclic amines) is 1. The molecule has 1 amide bonds. The zero-order valence-electron chi connectivity index (χ0n) is 10.3. The molecule has 1 aromatic carbocycles. The largest absolute Gasteiger partial charge is 0.508 e. The molecule has 2 fully saturated rings. The Bertz CT molecular complexity index is 558. The third-order valence-electron chi connectivity index (χ3n) is 4.08. The molecule has 1 heterocycles. The number of nitrogens with zero attached hydrogens (tertiary/aromatic N) is 2. The van der Waals surface area contributed by atoms with E-state index in [0.717, 1.165) is 19.3 Å². The molecule has 6 nitrogen and oxygen atoms in total. The summed E-state index contributed by atoms with van der Waals surface area (Å²) in [6.45, 7) is 0.677. The van der Waals surface area contributed by atoms with Crippen LogP contribution in [0.4, 0.5) is 5.69 Å². The Hall–Kier alpha value is -2.11. The number of carbonyl (C=O) groups is 1. The van der Waals surface area contributed by atoms with E-state index in [1.54, 1.807) is 4.90 Å². The summed E-state index contributed by atoms with van der Waals surface area (Å²) in [6, 6.07) is 3.80. The Morgan fingerprint density at radius 3 is 2.79 bits per heavy atom. The average Bonchev–Trinajstić information content (AvgIpc) is 2.99. The van der Waals surface area contributed by atoms with Gasteiger partial charge in [0.2, 0.25) is 0 Å². The second kappa shape index (κ2) is 4.22. The van der Waals surface area contributed by atoms with Crippen LogP contribution in [0.2, 0.25) is 0 Å². The van der Waals surface area contributed by atoms with E-state index in [9.17, 15) is 20.0 Å². The lowest BCUT2D eigenvalue weighted by molar-refractivity contribution is -0.385. The molecular weight excluding hydrogens is 248 g/mol. The van der Waals surface area contributed by atoms with Gasteiger partial charge in [-0.3, -0.25) is 14.9 Å². The molecule has 2 bridgehead atoms. The molecule has 2 aliphatic rings. The molecular formula is C13H14N2O4. The van der Waals surface area contributed by atoms with Crippen LogP contribution in [-0.2, 0) is 0 Å². The highest BCUT2D eigenvalue weighted by atomic mass is 16.6. The quantitative estimate of drug-likeness (QED) is 0.652. The number of aromatic hydroxyl groups is 1. The van der Waals surface area contributed by atoms with Gasteiger partial charge in [-0.05, 0) is 37.3 Å². The molecule has 6 heteroatoms. The van der Waals surface area contributed by atoms with Gasteiger partial charge in [-0.25, -0.2) is 0 Å². The number of carbonyl (C=O) groups excluding carboxylic acids is 1. The van der Waals surface area contributed by atoms with E-state index >= 15 is 0 Å². The highest BCUT2D eigenvalue weighted by molar-refractivity contribution is 5.99. The van der Waals surface area contributed by atoms with Crippen LogP contribution in [0.5, 0.6) is 5.75 Å². The number of rotatable bonds is 2. The molecule has 1 aromatic rings. The first-order valence-electron chi connectivity index (χ1n) is 6.34. The first-order chi connectivity index (χ1) is 9.06. The minimum Gasteiger partial charge on any atom is -0.508 e. The van der Waals surface area contributed by atoms with Gasteiger partial charge >= 0.3 is 0 Å². The highest BCUT2D eigenvalue weighted by Crippen LogP contribution is 2.39. The molecule has 100 valence electrons. The third-order valence-corrected chi connectivity index (χ3v) is 4.08. The molecule has 0 spiro atoms. The van der Waals surface area contributed by atoms with Gasteiger partial charge in [-0.2, -0.15) is 0 Å². The Morgan fingerprint density at radius 2 is 2.21 bits per heavy atom. The zero-order chi connectivity index (χ0) is 13.6. The third kappa shape index (κ3) is 1.93. The monoisotopic (exact) mass is 262 g/mol. The predicted octanol–water partition coefficient (Wildman–Crippen LogP) is 1.92. The van der Waals surface area contributed by atoms with Gasteiger partial charge in [0.15, 0.2) is 0 Å².